The molecule has 0 atom stereocenters. The molecule has 1 fully saturated rings. The van der Waals surface area contributed by atoms with E-state index in [-0.39, 0.29) is 6.10 Å². The lowest BCUT2D eigenvalue weighted by Gasteiger charge is -2.32. The number of benzene rings is 1. The zero-order chi connectivity index (χ0) is 10.1. The van der Waals surface area contributed by atoms with E-state index in [1.807, 2.05) is 12.1 Å². The lowest BCUT2D eigenvalue weighted by molar-refractivity contribution is 0.0836. The summed E-state index contributed by atoms with van der Waals surface area (Å²) in [6.07, 6.45) is 1.48. The fourth-order valence-electron chi connectivity index (χ4n) is 1.61. The summed E-state index contributed by atoms with van der Waals surface area (Å²) in [6.45, 7) is 0. The van der Waals surface area contributed by atoms with Crippen molar-refractivity contribution in [2.75, 3.05) is 16.8 Å². The summed E-state index contributed by atoms with van der Waals surface area (Å²) in [6, 6.07) is 5.87. The van der Waals surface area contributed by atoms with E-state index < -0.39 is 0 Å². The normalized spacial score (nSPS) is 25.5. The minimum absolute atomic E-state index is 0.140. The predicted molar refractivity (Wildman–Crippen MR) is 57.9 cm³/mol. The summed E-state index contributed by atoms with van der Waals surface area (Å²) < 4.78 is 0. The van der Waals surface area contributed by atoms with Crippen molar-refractivity contribution in [2.45, 2.75) is 25.0 Å². The van der Waals surface area contributed by atoms with Crippen LogP contribution in [0.1, 0.15) is 12.8 Å². The molecule has 0 amide bonds. The Hall–Kier alpha value is -1.42. The minimum atomic E-state index is -0.140. The summed E-state index contributed by atoms with van der Waals surface area (Å²) in [5, 5.41) is 12.4. The van der Waals surface area contributed by atoms with E-state index in [9.17, 15) is 0 Å². The van der Waals surface area contributed by atoms with Gasteiger partial charge in [-0.1, -0.05) is 0 Å². The Morgan fingerprint density at radius 2 is 1.93 bits per heavy atom. The van der Waals surface area contributed by atoms with Crippen molar-refractivity contribution in [1.82, 2.24) is 0 Å². The number of hydrogen-bond acceptors (Lipinski definition) is 4. The first-order valence-electron chi connectivity index (χ1n) is 4.75. The van der Waals surface area contributed by atoms with Gasteiger partial charge in [0.25, 0.3) is 0 Å². The van der Waals surface area contributed by atoms with Crippen LogP contribution in [0.25, 0.3) is 0 Å². The number of aliphatic hydroxyl groups excluding tert-OH is 1. The maximum atomic E-state index is 9.11. The Morgan fingerprint density at radius 1 is 1.21 bits per heavy atom. The SMILES string of the molecule is Nc1ccc(NC2CC(O)C2)cc1N. The molecule has 1 saturated carbocycles. The van der Waals surface area contributed by atoms with Gasteiger partial charge in [-0.15, -0.1) is 0 Å². The molecule has 4 nitrogen and oxygen atoms in total. The summed E-state index contributed by atoms with van der Waals surface area (Å²) in [5.41, 5.74) is 13.4. The number of rotatable bonds is 2. The molecule has 76 valence electrons. The first kappa shape index (κ1) is 9.15. The number of anilines is 3. The van der Waals surface area contributed by atoms with Gasteiger partial charge in [0.2, 0.25) is 0 Å². The highest BCUT2D eigenvalue weighted by Crippen LogP contribution is 2.26. The fourth-order valence-corrected chi connectivity index (χ4v) is 1.61. The smallest absolute Gasteiger partial charge is 0.0579 e. The van der Waals surface area contributed by atoms with Crippen LogP contribution in [0.15, 0.2) is 18.2 Å². The van der Waals surface area contributed by atoms with Crippen LogP contribution in [0.3, 0.4) is 0 Å². The second kappa shape index (κ2) is 3.38. The molecule has 1 aromatic rings. The van der Waals surface area contributed by atoms with Crippen LogP contribution >= 0.6 is 0 Å². The molecule has 4 heteroatoms. The minimum Gasteiger partial charge on any atom is -0.397 e. The summed E-state index contributed by atoms with van der Waals surface area (Å²) >= 11 is 0. The van der Waals surface area contributed by atoms with Crippen molar-refractivity contribution in [3.05, 3.63) is 18.2 Å². The molecule has 1 aliphatic carbocycles. The number of nitrogens with two attached hydrogens (primary N) is 2. The van der Waals surface area contributed by atoms with E-state index in [4.69, 9.17) is 16.6 Å². The van der Waals surface area contributed by atoms with Gasteiger partial charge >= 0.3 is 0 Å². The van der Waals surface area contributed by atoms with Gasteiger partial charge in [-0.25, -0.2) is 0 Å². The predicted octanol–water partition coefficient (Wildman–Crippen LogP) is 0.786. The van der Waals surface area contributed by atoms with Crippen LogP contribution in [-0.2, 0) is 0 Å². The van der Waals surface area contributed by atoms with Crippen LogP contribution in [0.4, 0.5) is 17.1 Å². The van der Waals surface area contributed by atoms with Crippen molar-refractivity contribution in [2.24, 2.45) is 0 Å². The van der Waals surface area contributed by atoms with Gasteiger partial charge in [-0.3, -0.25) is 0 Å². The van der Waals surface area contributed by atoms with Crippen molar-refractivity contribution >= 4 is 17.1 Å². The number of nitrogen functional groups attached to an aromatic ring is 2. The lowest BCUT2D eigenvalue weighted by atomic mass is 9.89. The molecule has 6 N–H and O–H groups in total. The van der Waals surface area contributed by atoms with Crippen molar-refractivity contribution in [1.29, 1.82) is 0 Å². The Morgan fingerprint density at radius 3 is 2.50 bits per heavy atom. The molecular weight excluding hydrogens is 178 g/mol. The first-order chi connectivity index (χ1) is 6.65. The molecule has 1 aliphatic rings. The first-order valence-corrected chi connectivity index (χ1v) is 4.75. The van der Waals surface area contributed by atoms with E-state index >= 15 is 0 Å². The average Bonchev–Trinajstić information content (AvgIpc) is 2.09. The Labute approximate surface area is 82.9 Å². The molecule has 0 unspecified atom stereocenters. The van der Waals surface area contributed by atoms with Gasteiger partial charge in [-0.2, -0.15) is 0 Å². The Kier molecular flexibility index (Phi) is 2.21. The topological polar surface area (TPSA) is 84.3 Å². The zero-order valence-corrected chi connectivity index (χ0v) is 7.90. The van der Waals surface area contributed by atoms with Crippen molar-refractivity contribution < 1.29 is 5.11 Å². The Balaban J connectivity index is 2.00. The van der Waals surface area contributed by atoms with E-state index in [2.05, 4.69) is 5.32 Å². The standard InChI is InChI=1S/C10H15N3O/c11-9-2-1-6(5-10(9)12)13-7-3-8(14)4-7/h1-2,5,7-8,13-14H,3-4,11-12H2. The van der Waals surface area contributed by atoms with Gasteiger partial charge in [0.05, 0.1) is 17.5 Å². The fraction of sp³-hybridized carbons (Fsp3) is 0.400. The molecule has 0 heterocycles. The highest BCUT2D eigenvalue weighted by atomic mass is 16.3. The summed E-state index contributed by atoms with van der Waals surface area (Å²) in [4.78, 5) is 0. The van der Waals surface area contributed by atoms with Crippen LogP contribution in [0, 0.1) is 0 Å². The van der Waals surface area contributed by atoms with Crippen LogP contribution in [0.2, 0.25) is 0 Å². The second-order valence-electron chi connectivity index (χ2n) is 3.81. The molecule has 2 rings (SSSR count). The Bertz CT molecular complexity index is 334. The number of aliphatic hydroxyl groups is 1. The van der Waals surface area contributed by atoms with Gasteiger partial charge in [0.1, 0.15) is 0 Å². The van der Waals surface area contributed by atoms with Crippen LogP contribution in [0.5, 0.6) is 0 Å². The van der Waals surface area contributed by atoms with Gasteiger partial charge in [-0.05, 0) is 31.0 Å². The van der Waals surface area contributed by atoms with Gasteiger partial charge < -0.3 is 21.9 Å². The summed E-state index contributed by atoms with van der Waals surface area (Å²) in [5.74, 6) is 0. The molecule has 14 heavy (non-hydrogen) atoms. The molecule has 0 bridgehead atoms. The molecular formula is C10H15N3O. The lowest BCUT2D eigenvalue weighted by Crippen LogP contribution is -2.38. The van der Waals surface area contributed by atoms with Crippen LogP contribution in [-0.4, -0.2) is 17.3 Å². The maximum absolute atomic E-state index is 9.11. The molecule has 0 aromatic heterocycles. The van der Waals surface area contributed by atoms with Crippen molar-refractivity contribution in [3.63, 3.8) is 0 Å². The van der Waals surface area contributed by atoms with E-state index in [0.717, 1.165) is 18.5 Å². The van der Waals surface area contributed by atoms with E-state index in [1.54, 1.807) is 6.07 Å². The van der Waals surface area contributed by atoms with Crippen LogP contribution < -0.4 is 16.8 Å². The van der Waals surface area contributed by atoms with Gasteiger partial charge in [0, 0.05) is 11.7 Å². The van der Waals surface area contributed by atoms with E-state index in [0.29, 0.717) is 17.4 Å². The average molecular weight is 193 g/mol. The quantitative estimate of drug-likeness (QED) is 0.523. The molecule has 0 spiro atoms. The third kappa shape index (κ3) is 1.75. The molecule has 0 saturated heterocycles. The van der Waals surface area contributed by atoms with Crippen molar-refractivity contribution in [3.8, 4) is 0 Å². The number of nitrogens with one attached hydrogen (secondary N) is 1. The zero-order valence-electron chi connectivity index (χ0n) is 7.90. The second-order valence-corrected chi connectivity index (χ2v) is 3.81. The highest BCUT2D eigenvalue weighted by Gasteiger charge is 2.26. The third-order valence-electron chi connectivity index (χ3n) is 2.57. The summed E-state index contributed by atoms with van der Waals surface area (Å²) in [7, 11) is 0. The maximum Gasteiger partial charge on any atom is 0.0579 e. The highest BCUT2D eigenvalue weighted by molar-refractivity contribution is 5.69. The molecule has 1 aromatic carbocycles. The van der Waals surface area contributed by atoms with E-state index in [1.165, 1.54) is 0 Å². The molecule has 0 aliphatic heterocycles. The number of hydrogen-bond donors (Lipinski definition) is 4. The largest absolute Gasteiger partial charge is 0.397 e. The molecule has 0 radical (unpaired) electrons. The third-order valence-corrected chi connectivity index (χ3v) is 2.57. The van der Waals surface area contributed by atoms with Gasteiger partial charge in [0.15, 0.2) is 0 Å². The monoisotopic (exact) mass is 193 g/mol.